The second kappa shape index (κ2) is 6.64. The monoisotopic (exact) mass is 344 g/mol. The minimum Gasteiger partial charge on any atom is -0.355 e. The Hall–Kier alpha value is -3.74. The van der Waals surface area contributed by atoms with Gasteiger partial charge in [0.15, 0.2) is 5.65 Å². The summed E-state index contributed by atoms with van der Waals surface area (Å²) in [7, 11) is 1.61. The summed E-state index contributed by atoms with van der Waals surface area (Å²) in [5.74, 6) is 0.359. The molecule has 0 aliphatic heterocycles. The van der Waals surface area contributed by atoms with Crippen LogP contribution in [0.5, 0.6) is 0 Å². The van der Waals surface area contributed by atoms with Crippen LogP contribution in [0, 0.1) is 0 Å². The lowest BCUT2D eigenvalue weighted by Gasteiger charge is -2.04. The predicted molar refractivity (Wildman–Crippen MR) is 99.3 cm³/mol. The molecule has 0 saturated carbocycles. The highest BCUT2D eigenvalue weighted by Crippen LogP contribution is 2.21. The third kappa shape index (κ3) is 2.98. The van der Waals surface area contributed by atoms with Crippen molar-refractivity contribution < 1.29 is 4.79 Å². The van der Waals surface area contributed by atoms with Gasteiger partial charge in [0.1, 0.15) is 0 Å². The number of carbonyl (C=O) groups is 1. The molecule has 3 heterocycles. The number of pyridine rings is 2. The van der Waals surface area contributed by atoms with E-state index in [1.54, 1.807) is 36.1 Å². The van der Waals surface area contributed by atoms with Gasteiger partial charge in [0, 0.05) is 36.3 Å². The Morgan fingerprint density at radius 1 is 1.04 bits per heavy atom. The Labute approximate surface area is 149 Å². The highest BCUT2D eigenvalue weighted by Gasteiger charge is 2.09. The minimum atomic E-state index is -0.122. The number of amides is 1. The van der Waals surface area contributed by atoms with Crippen LogP contribution >= 0.6 is 0 Å². The number of aromatic nitrogens is 4. The Balaban J connectivity index is 1.65. The van der Waals surface area contributed by atoms with E-state index >= 15 is 0 Å². The smallest absolute Gasteiger partial charge is 0.251 e. The Bertz CT molecular complexity index is 1060. The molecule has 1 amide bonds. The number of hydrogen-bond acceptors (Lipinski definition) is 5. The first-order chi connectivity index (χ1) is 12.7. The normalized spacial score (nSPS) is 10.7. The van der Waals surface area contributed by atoms with Gasteiger partial charge in [-0.1, -0.05) is 6.07 Å². The van der Waals surface area contributed by atoms with Crippen LogP contribution in [0.3, 0.4) is 0 Å². The standard InChI is InChI=1S/C19H16N6O/c1-20-18(26)13-7-9-15(10-8-13)22-19-23-17-6-2-5-16(25(17)24-19)14-4-3-11-21-12-14/h2-12H,1H3,(H,20,26)(H,22,24). The summed E-state index contributed by atoms with van der Waals surface area (Å²) in [5, 5.41) is 10.3. The third-order valence-corrected chi connectivity index (χ3v) is 3.95. The quantitative estimate of drug-likeness (QED) is 0.595. The second-order valence-corrected chi connectivity index (χ2v) is 5.64. The van der Waals surface area contributed by atoms with Gasteiger partial charge >= 0.3 is 0 Å². The molecule has 3 aromatic heterocycles. The molecule has 0 saturated heterocycles. The third-order valence-electron chi connectivity index (χ3n) is 3.95. The van der Waals surface area contributed by atoms with E-state index < -0.39 is 0 Å². The predicted octanol–water partition coefficient (Wildman–Crippen LogP) is 2.89. The van der Waals surface area contributed by atoms with Crippen LogP contribution in [0.1, 0.15) is 10.4 Å². The second-order valence-electron chi connectivity index (χ2n) is 5.64. The molecule has 0 aliphatic carbocycles. The van der Waals surface area contributed by atoms with Gasteiger partial charge in [0.05, 0.1) is 5.69 Å². The van der Waals surface area contributed by atoms with Gasteiger partial charge in [-0.2, -0.15) is 4.98 Å². The van der Waals surface area contributed by atoms with E-state index in [0.29, 0.717) is 11.5 Å². The lowest BCUT2D eigenvalue weighted by Crippen LogP contribution is -2.17. The van der Waals surface area contributed by atoms with Crippen LogP contribution in [0.4, 0.5) is 11.6 Å². The average molecular weight is 344 g/mol. The summed E-state index contributed by atoms with van der Waals surface area (Å²) >= 11 is 0. The van der Waals surface area contributed by atoms with Crippen molar-refractivity contribution in [3.05, 3.63) is 72.6 Å². The number of hydrogen-bond donors (Lipinski definition) is 2. The number of benzene rings is 1. The summed E-state index contributed by atoms with van der Waals surface area (Å²) < 4.78 is 1.78. The molecular formula is C19H16N6O. The number of rotatable bonds is 4. The van der Waals surface area contributed by atoms with E-state index in [4.69, 9.17) is 0 Å². The Kier molecular flexibility index (Phi) is 4.03. The van der Waals surface area contributed by atoms with Gasteiger partial charge in [0.25, 0.3) is 5.91 Å². The number of fused-ring (bicyclic) bond motifs is 1. The van der Waals surface area contributed by atoms with Crippen molar-refractivity contribution in [1.29, 1.82) is 0 Å². The molecule has 0 fully saturated rings. The summed E-state index contributed by atoms with van der Waals surface area (Å²) in [6, 6.07) is 16.8. The van der Waals surface area contributed by atoms with Crippen molar-refractivity contribution in [2.45, 2.75) is 0 Å². The molecule has 1 aromatic carbocycles. The molecule has 26 heavy (non-hydrogen) atoms. The van der Waals surface area contributed by atoms with Crippen molar-refractivity contribution in [3.63, 3.8) is 0 Å². The van der Waals surface area contributed by atoms with E-state index in [1.807, 2.05) is 42.5 Å². The van der Waals surface area contributed by atoms with Crippen molar-refractivity contribution in [2.75, 3.05) is 12.4 Å². The SMILES string of the molecule is CNC(=O)c1ccc(Nc2nc3cccc(-c4cccnc4)n3n2)cc1. The lowest BCUT2D eigenvalue weighted by molar-refractivity contribution is 0.0963. The van der Waals surface area contributed by atoms with E-state index in [9.17, 15) is 4.79 Å². The van der Waals surface area contributed by atoms with Gasteiger partial charge in [0.2, 0.25) is 5.95 Å². The zero-order chi connectivity index (χ0) is 17.9. The number of nitrogens with zero attached hydrogens (tertiary/aromatic N) is 4. The first-order valence-corrected chi connectivity index (χ1v) is 8.10. The molecule has 0 bridgehead atoms. The summed E-state index contributed by atoms with van der Waals surface area (Å²) in [6.07, 6.45) is 3.53. The van der Waals surface area contributed by atoms with Gasteiger partial charge in [-0.05, 0) is 48.5 Å². The fourth-order valence-corrected chi connectivity index (χ4v) is 2.67. The Morgan fingerprint density at radius 2 is 1.88 bits per heavy atom. The largest absolute Gasteiger partial charge is 0.355 e. The average Bonchev–Trinajstić information content (AvgIpc) is 3.11. The maximum absolute atomic E-state index is 11.6. The van der Waals surface area contributed by atoms with Crippen LogP contribution in [0.2, 0.25) is 0 Å². The molecular weight excluding hydrogens is 328 g/mol. The summed E-state index contributed by atoms with van der Waals surface area (Å²) in [4.78, 5) is 20.3. The van der Waals surface area contributed by atoms with E-state index in [2.05, 4.69) is 25.7 Å². The molecule has 0 atom stereocenters. The van der Waals surface area contributed by atoms with Crippen molar-refractivity contribution in [1.82, 2.24) is 24.9 Å². The number of carbonyl (C=O) groups excluding carboxylic acids is 1. The van der Waals surface area contributed by atoms with Gasteiger partial charge in [-0.25, -0.2) is 4.52 Å². The summed E-state index contributed by atoms with van der Waals surface area (Å²) in [6.45, 7) is 0. The van der Waals surface area contributed by atoms with Crippen LogP contribution in [0.15, 0.2) is 67.0 Å². The molecule has 0 unspecified atom stereocenters. The topological polar surface area (TPSA) is 84.2 Å². The fourth-order valence-electron chi connectivity index (χ4n) is 2.67. The lowest BCUT2D eigenvalue weighted by atomic mass is 10.2. The van der Waals surface area contributed by atoms with Crippen LogP contribution in [0.25, 0.3) is 16.9 Å². The molecule has 0 aliphatic rings. The number of nitrogens with one attached hydrogen (secondary N) is 2. The van der Waals surface area contributed by atoms with E-state index in [0.717, 1.165) is 22.6 Å². The van der Waals surface area contributed by atoms with Crippen LogP contribution in [-0.2, 0) is 0 Å². The van der Waals surface area contributed by atoms with Gasteiger partial charge in [-0.3, -0.25) is 9.78 Å². The van der Waals surface area contributed by atoms with Crippen molar-refractivity contribution in [2.24, 2.45) is 0 Å². The zero-order valence-corrected chi connectivity index (χ0v) is 14.0. The molecule has 7 heteroatoms. The molecule has 2 N–H and O–H groups in total. The molecule has 0 spiro atoms. The van der Waals surface area contributed by atoms with E-state index in [1.165, 1.54) is 0 Å². The maximum Gasteiger partial charge on any atom is 0.251 e. The molecule has 0 radical (unpaired) electrons. The van der Waals surface area contributed by atoms with Crippen molar-refractivity contribution >= 4 is 23.2 Å². The molecule has 128 valence electrons. The molecule has 4 rings (SSSR count). The minimum absolute atomic E-state index is 0.122. The number of anilines is 2. The Morgan fingerprint density at radius 3 is 2.62 bits per heavy atom. The van der Waals surface area contributed by atoms with E-state index in [-0.39, 0.29) is 5.91 Å². The highest BCUT2D eigenvalue weighted by atomic mass is 16.1. The van der Waals surface area contributed by atoms with Crippen LogP contribution < -0.4 is 10.6 Å². The van der Waals surface area contributed by atoms with Gasteiger partial charge in [-0.15, -0.1) is 5.10 Å². The molecule has 7 nitrogen and oxygen atoms in total. The highest BCUT2D eigenvalue weighted by molar-refractivity contribution is 5.94. The zero-order valence-electron chi connectivity index (χ0n) is 14.0. The van der Waals surface area contributed by atoms with Gasteiger partial charge < -0.3 is 10.6 Å². The molecule has 4 aromatic rings. The van der Waals surface area contributed by atoms with Crippen LogP contribution in [-0.4, -0.2) is 32.5 Å². The van der Waals surface area contributed by atoms with Crippen molar-refractivity contribution in [3.8, 4) is 11.3 Å². The first kappa shape index (κ1) is 15.8. The maximum atomic E-state index is 11.6. The fraction of sp³-hybridized carbons (Fsp3) is 0.0526. The summed E-state index contributed by atoms with van der Waals surface area (Å²) in [5.41, 5.74) is 4.00. The first-order valence-electron chi connectivity index (χ1n) is 8.10.